The smallest absolute Gasteiger partial charge is 0.150 e. The second-order valence-corrected chi connectivity index (χ2v) is 13.2. The summed E-state index contributed by atoms with van der Waals surface area (Å²) in [6, 6.07) is 40.8. The van der Waals surface area contributed by atoms with Crippen molar-refractivity contribution in [3.63, 3.8) is 0 Å². The molecule has 0 fully saturated rings. The van der Waals surface area contributed by atoms with Crippen LogP contribution in [0.15, 0.2) is 171 Å². The van der Waals surface area contributed by atoms with E-state index in [9.17, 15) is 4.79 Å². The van der Waals surface area contributed by atoms with Gasteiger partial charge in [-0.3, -0.25) is 4.79 Å². The van der Waals surface area contributed by atoms with Gasteiger partial charge in [0.2, 0.25) is 0 Å². The van der Waals surface area contributed by atoms with Crippen LogP contribution in [0.25, 0.3) is 22.0 Å². The summed E-state index contributed by atoms with van der Waals surface area (Å²) in [5.41, 5.74) is 15.0. The highest BCUT2D eigenvalue weighted by Crippen LogP contribution is 2.30. The van der Waals surface area contributed by atoms with Gasteiger partial charge in [-0.25, -0.2) is 0 Å². The fourth-order valence-electron chi connectivity index (χ4n) is 5.76. The summed E-state index contributed by atoms with van der Waals surface area (Å²) in [5.74, 6) is 1.72. The molecule has 0 bridgehead atoms. The summed E-state index contributed by atoms with van der Waals surface area (Å²) >= 11 is 0. The maximum Gasteiger partial charge on any atom is 0.150 e. The van der Waals surface area contributed by atoms with Crippen LogP contribution in [-0.4, -0.2) is 11.3 Å². The van der Waals surface area contributed by atoms with E-state index < -0.39 is 0 Å². The fraction of sp³-hybridized carbons (Fsp3) is 0.246. The molecule has 0 atom stereocenters. The number of nitrogens with one attached hydrogen (secondary N) is 1. The first kappa shape index (κ1) is 53.8. The van der Waals surface area contributed by atoms with Gasteiger partial charge in [-0.15, -0.1) is 13.2 Å². The number of hydrogen-bond acceptors (Lipinski definition) is 2. The molecule has 60 heavy (non-hydrogen) atoms. The highest BCUT2D eigenvalue weighted by molar-refractivity contribution is 5.91. The third-order valence-corrected chi connectivity index (χ3v) is 8.92. The summed E-state index contributed by atoms with van der Waals surface area (Å²) < 4.78 is 5.86. The van der Waals surface area contributed by atoms with Gasteiger partial charge in [0.15, 0.2) is 0 Å². The molecule has 0 aliphatic heterocycles. The number of aromatic amines is 1. The van der Waals surface area contributed by atoms with Gasteiger partial charge in [-0.1, -0.05) is 170 Å². The maximum absolute atomic E-state index is 10.0. The molecule has 1 aromatic heterocycles. The van der Waals surface area contributed by atoms with Gasteiger partial charge in [0, 0.05) is 22.2 Å². The molecule has 0 radical (unpaired) electrons. The van der Waals surface area contributed by atoms with E-state index in [0.29, 0.717) is 0 Å². The van der Waals surface area contributed by atoms with Crippen molar-refractivity contribution in [3.05, 3.63) is 216 Å². The molecule has 0 unspecified atom stereocenters. The van der Waals surface area contributed by atoms with Crippen molar-refractivity contribution in [1.29, 1.82) is 0 Å². The van der Waals surface area contributed by atoms with E-state index in [1.54, 1.807) is 12.1 Å². The molecule has 0 saturated carbocycles. The molecule has 0 spiro atoms. The molecule has 0 aliphatic rings. The van der Waals surface area contributed by atoms with E-state index in [4.69, 9.17) is 4.74 Å². The first-order valence-corrected chi connectivity index (χ1v) is 21.2. The monoisotopic (exact) mass is 804 g/mol. The molecule has 1 N–H and O–H groups in total. The number of aryl methyl sites for hydroxylation is 3. The van der Waals surface area contributed by atoms with Crippen LogP contribution in [0.4, 0.5) is 0 Å². The standard InChI is InChI=1S/C25H27N.C17H18O.C7H6O.3C2H6.C2H4/c1-6-19-10-8-11-20(14-19)15-21-12-9-13-24-23(21)16-25(26-24)18(5)22(7-2)17(3)4;1-12(2)15-6-5-7-16(11-15)18-17-9-8-13(3)14(4)10-17;8-6-7-4-2-1-3-5-7;4*1-2/h7-14,16,26H,2,5-6,15H2,1,3-4H3;5-11H,1H2,2-4H3;1-6H;3*1-2H3;1-2H2. The van der Waals surface area contributed by atoms with Crippen molar-refractivity contribution in [2.45, 2.75) is 95.9 Å². The molecule has 0 amide bonds. The molecule has 3 heteroatoms. The second kappa shape index (κ2) is 30.8. The molecular formula is C57H73NO2. The minimum absolute atomic E-state index is 0.729. The Morgan fingerprint density at radius 2 is 1.27 bits per heavy atom. The van der Waals surface area contributed by atoms with Crippen LogP contribution < -0.4 is 4.74 Å². The van der Waals surface area contributed by atoms with Gasteiger partial charge in [0.05, 0.1) is 0 Å². The fourth-order valence-corrected chi connectivity index (χ4v) is 5.76. The molecule has 3 nitrogen and oxygen atoms in total. The van der Waals surface area contributed by atoms with Gasteiger partial charge in [0.25, 0.3) is 0 Å². The van der Waals surface area contributed by atoms with E-state index in [1.165, 1.54) is 38.8 Å². The Kier molecular flexibility index (Phi) is 27.6. The molecule has 0 aliphatic carbocycles. The van der Waals surface area contributed by atoms with Crippen molar-refractivity contribution in [2.75, 3.05) is 0 Å². The average Bonchev–Trinajstić information content (AvgIpc) is 3.74. The Bertz CT molecular complexity index is 2210. The number of fused-ring (bicyclic) bond motifs is 1. The van der Waals surface area contributed by atoms with E-state index >= 15 is 0 Å². The van der Waals surface area contributed by atoms with Crippen molar-refractivity contribution >= 4 is 28.3 Å². The first-order chi connectivity index (χ1) is 29.0. The number of hydrogen-bond donors (Lipinski definition) is 1. The van der Waals surface area contributed by atoms with Gasteiger partial charge >= 0.3 is 0 Å². The Morgan fingerprint density at radius 1 is 0.667 bits per heavy atom. The Morgan fingerprint density at radius 3 is 1.82 bits per heavy atom. The zero-order valence-electron chi connectivity index (χ0n) is 39.0. The molecule has 6 rings (SSSR count). The third-order valence-electron chi connectivity index (χ3n) is 8.92. The number of carbonyl (C=O) groups excluding carboxylic acids is 1. The summed E-state index contributed by atoms with van der Waals surface area (Å²) in [6.07, 6.45) is 4.73. The van der Waals surface area contributed by atoms with Gasteiger partial charge in [0.1, 0.15) is 17.8 Å². The normalized spacial score (nSPS) is 9.20. The minimum Gasteiger partial charge on any atom is -0.457 e. The van der Waals surface area contributed by atoms with Crippen LogP contribution in [-0.2, 0) is 12.8 Å². The average molecular weight is 804 g/mol. The van der Waals surface area contributed by atoms with Crippen LogP contribution in [0, 0.1) is 13.8 Å². The number of carbonyl (C=O) groups is 1. The third kappa shape index (κ3) is 17.7. The quantitative estimate of drug-likeness (QED) is 0.0851. The van der Waals surface area contributed by atoms with Crippen molar-refractivity contribution < 1.29 is 9.53 Å². The van der Waals surface area contributed by atoms with E-state index in [2.05, 4.69) is 133 Å². The lowest BCUT2D eigenvalue weighted by molar-refractivity contribution is 0.112. The zero-order valence-corrected chi connectivity index (χ0v) is 39.0. The number of rotatable bonds is 10. The highest BCUT2D eigenvalue weighted by Gasteiger charge is 2.11. The van der Waals surface area contributed by atoms with Crippen LogP contribution in [0.5, 0.6) is 11.5 Å². The van der Waals surface area contributed by atoms with Crippen molar-refractivity contribution in [2.24, 2.45) is 0 Å². The maximum atomic E-state index is 10.0. The SMILES string of the molecule is C=C.C=C(C)c1cccc(Oc2ccc(C)c(C)c2)c1.C=CC(C(=C)c1cc2c(Cc3cccc(CC)c3)cccc2[nH]1)=C(C)C.CC.CC.CC.O=Cc1ccccc1. The molecule has 0 saturated heterocycles. The Labute approximate surface area is 365 Å². The van der Waals surface area contributed by atoms with Gasteiger partial charge < -0.3 is 9.72 Å². The number of benzene rings is 5. The highest BCUT2D eigenvalue weighted by atomic mass is 16.5. The molecular weight excluding hydrogens is 731 g/mol. The summed E-state index contributed by atoms with van der Waals surface area (Å²) in [6.45, 7) is 42.7. The number of H-pyrrole nitrogens is 1. The predicted molar refractivity (Wildman–Crippen MR) is 269 cm³/mol. The van der Waals surface area contributed by atoms with Crippen molar-refractivity contribution in [3.8, 4) is 11.5 Å². The van der Waals surface area contributed by atoms with Gasteiger partial charge in [-0.2, -0.15) is 0 Å². The second-order valence-electron chi connectivity index (χ2n) is 13.2. The van der Waals surface area contributed by atoms with Crippen molar-refractivity contribution in [1.82, 2.24) is 4.98 Å². The molecule has 5 aromatic carbocycles. The lowest BCUT2D eigenvalue weighted by Gasteiger charge is -2.09. The minimum atomic E-state index is 0.729. The number of aldehydes is 1. The van der Waals surface area contributed by atoms with Crippen LogP contribution in [0.3, 0.4) is 0 Å². The number of aromatic nitrogens is 1. The Hall–Kier alpha value is -6.19. The first-order valence-electron chi connectivity index (χ1n) is 21.2. The van der Waals surface area contributed by atoms with Gasteiger partial charge in [-0.05, 0) is 128 Å². The largest absolute Gasteiger partial charge is 0.457 e. The van der Waals surface area contributed by atoms with E-state index in [-0.39, 0.29) is 0 Å². The summed E-state index contributed by atoms with van der Waals surface area (Å²) in [5, 5.41) is 1.27. The van der Waals surface area contributed by atoms with E-state index in [1.807, 2.05) is 103 Å². The summed E-state index contributed by atoms with van der Waals surface area (Å²) in [7, 11) is 0. The van der Waals surface area contributed by atoms with Crippen LogP contribution >= 0.6 is 0 Å². The lowest BCUT2D eigenvalue weighted by atomic mass is 9.98. The predicted octanol–water partition coefficient (Wildman–Crippen LogP) is 17.4. The van der Waals surface area contributed by atoms with Crippen LogP contribution in [0.1, 0.15) is 119 Å². The Balaban J connectivity index is 0.000000884. The number of allylic oxidation sites excluding steroid dienone is 5. The molecule has 6 aromatic rings. The van der Waals surface area contributed by atoms with Crippen LogP contribution in [0.2, 0.25) is 0 Å². The topological polar surface area (TPSA) is 42.1 Å². The van der Waals surface area contributed by atoms with E-state index in [0.717, 1.165) is 69.7 Å². The molecule has 1 heterocycles. The molecule has 318 valence electrons. The zero-order chi connectivity index (χ0) is 45.6. The summed E-state index contributed by atoms with van der Waals surface area (Å²) in [4.78, 5) is 13.5. The lowest BCUT2D eigenvalue weighted by Crippen LogP contribution is -1.90. The number of ether oxygens (including phenoxy) is 1.